The smallest absolute Gasteiger partial charge is 0.336 e. The van der Waals surface area contributed by atoms with Crippen LogP contribution in [0.3, 0.4) is 0 Å². The standard InChI is InChI=1S/C27H22N2O3S2/c1-15-8-11-20-18(12-22(30)32-24(20)16(15)2)13-34-27-28-25-23(21(14-33-25)17-9-10-17)26(31)29(27)19-6-4-3-5-7-19/h3-8,11-12,14,17H,9-10,13H2,1-2H3. The van der Waals surface area contributed by atoms with E-state index in [0.29, 0.717) is 22.4 Å². The van der Waals surface area contributed by atoms with Crippen molar-refractivity contribution in [2.75, 3.05) is 0 Å². The van der Waals surface area contributed by atoms with Crippen LogP contribution in [0.2, 0.25) is 0 Å². The number of thioether (sulfide) groups is 1. The first-order chi connectivity index (χ1) is 16.5. The Hall–Kier alpha value is -3.16. The fraction of sp³-hybridized carbons (Fsp3) is 0.222. The van der Waals surface area contributed by atoms with E-state index < -0.39 is 0 Å². The summed E-state index contributed by atoms with van der Waals surface area (Å²) in [6.07, 6.45) is 2.27. The number of hydrogen-bond acceptors (Lipinski definition) is 6. The van der Waals surface area contributed by atoms with Gasteiger partial charge in [0.15, 0.2) is 5.16 Å². The van der Waals surface area contributed by atoms with Gasteiger partial charge in [0.1, 0.15) is 10.4 Å². The van der Waals surface area contributed by atoms with E-state index >= 15 is 0 Å². The zero-order valence-electron chi connectivity index (χ0n) is 18.8. The van der Waals surface area contributed by atoms with Gasteiger partial charge in [-0.05, 0) is 72.4 Å². The molecule has 6 rings (SSSR count). The Labute approximate surface area is 204 Å². The molecule has 5 aromatic rings. The Bertz CT molecular complexity index is 1680. The zero-order chi connectivity index (χ0) is 23.4. The maximum absolute atomic E-state index is 13.8. The number of nitrogens with zero attached hydrogens (tertiary/aromatic N) is 2. The second-order valence-electron chi connectivity index (χ2n) is 8.78. The monoisotopic (exact) mass is 486 g/mol. The molecule has 0 aliphatic heterocycles. The lowest BCUT2D eigenvalue weighted by Crippen LogP contribution is -2.21. The highest BCUT2D eigenvalue weighted by atomic mass is 32.2. The van der Waals surface area contributed by atoms with Gasteiger partial charge in [-0.2, -0.15) is 0 Å². The average molecular weight is 487 g/mol. The predicted molar refractivity (Wildman–Crippen MR) is 139 cm³/mol. The quantitative estimate of drug-likeness (QED) is 0.165. The molecule has 7 heteroatoms. The second-order valence-corrected chi connectivity index (χ2v) is 10.6. The van der Waals surface area contributed by atoms with E-state index in [9.17, 15) is 9.59 Å². The topological polar surface area (TPSA) is 65.1 Å². The number of thiophene rings is 1. The predicted octanol–water partition coefficient (Wildman–Crippen LogP) is 6.34. The Morgan fingerprint density at radius 2 is 1.91 bits per heavy atom. The number of para-hydroxylation sites is 1. The molecule has 0 saturated heterocycles. The Balaban J connectivity index is 1.49. The molecule has 0 N–H and O–H groups in total. The van der Waals surface area contributed by atoms with Crippen LogP contribution in [0, 0.1) is 13.8 Å². The van der Waals surface area contributed by atoms with E-state index in [1.807, 2.05) is 56.3 Å². The minimum Gasteiger partial charge on any atom is -0.422 e. The molecular weight excluding hydrogens is 464 g/mol. The molecule has 0 bridgehead atoms. The average Bonchev–Trinajstić information content (AvgIpc) is 3.59. The summed E-state index contributed by atoms with van der Waals surface area (Å²) in [5.41, 5.74) is 5.08. The van der Waals surface area contributed by atoms with Crippen molar-refractivity contribution in [1.29, 1.82) is 0 Å². The van der Waals surface area contributed by atoms with Crippen LogP contribution in [-0.2, 0) is 5.75 Å². The highest BCUT2D eigenvalue weighted by Crippen LogP contribution is 2.44. The van der Waals surface area contributed by atoms with Crippen molar-refractivity contribution in [2.24, 2.45) is 0 Å². The molecular formula is C27H22N2O3S2. The summed E-state index contributed by atoms with van der Waals surface area (Å²) in [4.78, 5) is 31.8. The number of fused-ring (bicyclic) bond motifs is 2. The Morgan fingerprint density at radius 1 is 1.12 bits per heavy atom. The summed E-state index contributed by atoms with van der Waals surface area (Å²) in [5, 5.41) is 4.38. The molecule has 1 aliphatic carbocycles. The van der Waals surface area contributed by atoms with Gasteiger partial charge in [0.2, 0.25) is 0 Å². The van der Waals surface area contributed by atoms with E-state index in [2.05, 4.69) is 5.38 Å². The molecule has 1 fully saturated rings. The summed E-state index contributed by atoms with van der Waals surface area (Å²) in [6, 6.07) is 15.2. The first kappa shape index (κ1) is 21.4. The maximum Gasteiger partial charge on any atom is 0.336 e. The van der Waals surface area contributed by atoms with Gasteiger partial charge in [-0.3, -0.25) is 9.36 Å². The fourth-order valence-corrected chi connectivity index (χ4v) is 6.44. The van der Waals surface area contributed by atoms with E-state index in [4.69, 9.17) is 9.40 Å². The summed E-state index contributed by atoms with van der Waals surface area (Å²) in [6.45, 7) is 3.97. The van der Waals surface area contributed by atoms with Crippen molar-refractivity contribution < 1.29 is 4.42 Å². The maximum atomic E-state index is 13.8. The molecule has 0 atom stereocenters. The molecule has 1 saturated carbocycles. The van der Waals surface area contributed by atoms with Crippen LogP contribution >= 0.6 is 23.1 Å². The third-order valence-corrected chi connectivity index (χ3v) is 8.39. The van der Waals surface area contributed by atoms with Gasteiger partial charge < -0.3 is 4.42 Å². The molecule has 0 radical (unpaired) electrons. The van der Waals surface area contributed by atoms with Crippen molar-refractivity contribution in [3.05, 3.63) is 96.9 Å². The van der Waals surface area contributed by atoms with Gasteiger partial charge in [-0.25, -0.2) is 9.78 Å². The molecule has 5 nitrogen and oxygen atoms in total. The van der Waals surface area contributed by atoms with Crippen LogP contribution in [0.5, 0.6) is 0 Å². The van der Waals surface area contributed by atoms with E-state index in [-0.39, 0.29) is 11.2 Å². The largest absolute Gasteiger partial charge is 0.422 e. The lowest BCUT2D eigenvalue weighted by Gasteiger charge is -2.13. The number of hydrogen-bond donors (Lipinski definition) is 0. The molecule has 1 aliphatic rings. The van der Waals surface area contributed by atoms with Crippen LogP contribution in [0.4, 0.5) is 0 Å². The Kier molecular flexibility index (Phi) is 5.19. The van der Waals surface area contributed by atoms with Gasteiger partial charge >= 0.3 is 5.63 Å². The van der Waals surface area contributed by atoms with Crippen molar-refractivity contribution in [3.8, 4) is 5.69 Å². The van der Waals surface area contributed by atoms with Gasteiger partial charge in [-0.1, -0.05) is 42.1 Å². The molecule has 3 heterocycles. The summed E-state index contributed by atoms with van der Waals surface area (Å²) < 4.78 is 7.25. The molecule has 34 heavy (non-hydrogen) atoms. The van der Waals surface area contributed by atoms with E-state index in [1.54, 1.807) is 22.0 Å². The van der Waals surface area contributed by atoms with Crippen LogP contribution in [-0.4, -0.2) is 9.55 Å². The number of rotatable bonds is 5. The van der Waals surface area contributed by atoms with Gasteiger partial charge in [0, 0.05) is 17.2 Å². The first-order valence-corrected chi connectivity index (χ1v) is 13.1. The summed E-state index contributed by atoms with van der Waals surface area (Å²) in [7, 11) is 0. The van der Waals surface area contributed by atoms with Crippen LogP contribution in [0.1, 0.15) is 41.0 Å². The molecule has 3 aromatic heterocycles. The third-order valence-electron chi connectivity index (χ3n) is 6.51. The van der Waals surface area contributed by atoms with Crippen LogP contribution in [0.15, 0.2) is 73.1 Å². The molecule has 170 valence electrons. The number of aryl methyl sites for hydroxylation is 2. The summed E-state index contributed by atoms with van der Waals surface area (Å²) >= 11 is 3.01. The molecule has 0 spiro atoms. The summed E-state index contributed by atoms with van der Waals surface area (Å²) in [5.74, 6) is 0.976. The highest BCUT2D eigenvalue weighted by Gasteiger charge is 2.29. The minimum atomic E-state index is -0.368. The third kappa shape index (κ3) is 3.60. The number of aromatic nitrogens is 2. The number of benzene rings is 2. The second kappa shape index (κ2) is 8.25. The lowest BCUT2D eigenvalue weighted by atomic mass is 10.0. The minimum absolute atomic E-state index is 0.0225. The van der Waals surface area contributed by atoms with Crippen molar-refractivity contribution in [2.45, 2.75) is 43.5 Å². The highest BCUT2D eigenvalue weighted by molar-refractivity contribution is 7.98. The van der Waals surface area contributed by atoms with E-state index in [0.717, 1.165) is 56.4 Å². The normalized spacial score (nSPS) is 13.7. The molecule has 0 unspecified atom stereocenters. The molecule has 2 aromatic carbocycles. The lowest BCUT2D eigenvalue weighted by molar-refractivity contribution is 0.557. The van der Waals surface area contributed by atoms with Gasteiger partial charge in [-0.15, -0.1) is 11.3 Å². The van der Waals surface area contributed by atoms with Crippen molar-refractivity contribution >= 4 is 44.3 Å². The molecule has 0 amide bonds. The van der Waals surface area contributed by atoms with Crippen molar-refractivity contribution in [1.82, 2.24) is 9.55 Å². The Morgan fingerprint density at radius 3 is 2.68 bits per heavy atom. The van der Waals surface area contributed by atoms with Gasteiger partial charge in [0.05, 0.1) is 11.1 Å². The zero-order valence-corrected chi connectivity index (χ0v) is 20.5. The van der Waals surface area contributed by atoms with Crippen LogP contribution in [0.25, 0.3) is 26.9 Å². The SMILES string of the molecule is Cc1ccc2c(CSc3nc4scc(C5CC5)c4c(=O)n3-c3ccccc3)cc(=O)oc2c1C. The van der Waals surface area contributed by atoms with E-state index in [1.165, 1.54) is 11.8 Å². The van der Waals surface area contributed by atoms with Crippen LogP contribution < -0.4 is 11.2 Å². The van der Waals surface area contributed by atoms with Crippen molar-refractivity contribution in [3.63, 3.8) is 0 Å². The first-order valence-electron chi connectivity index (χ1n) is 11.3. The van der Waals surface area contributed by atoms with Gasteiger partial charge in [0.25, 0.3) is 5.56 Å². The fourth-order valence-electron chi connectivity index (χ4n) is 4.38.